The fraction of sp³-hybridized carbons (Fsp3) is 0.158. The molecule has 0 spiro atoms. The van der Waals surface area contributed by atoms with Gasteiger partial charge in [0.2, 0.25) is 0 Å². The van der Waals surface area contributed by atoms with E-state index in [2.05, 4.69) is 15.0 Å². The molecule has 0 aliphatic heterocycles. The molecular weight excluding hydrogens is 401 g/mol. The Kier molecular flexibility index (Phi) is 4.86. The maximum absolute atomic E-state index is 13.8. The zero-order valence-electron chi connectivity index (χ0n) is 14.6. The Morgan fingerprint density at radius 3 is 2.71 bits per heavy atom. The number of nitrogens with zero attached hydrogens (tertiary/aromatic N) is 1. The summed E-state index contributed by atoms with van der Waals surface area (Å²) in [7, 11) is -4.05. The molecule has 28 heavy (non-hydrogen) atoms. The van der Waals surface area contributed by atoms with E-state index in [1.807, 2.05) is 0 Å². The number of rotatable bonds is 5. The van der Waals surface area contributed by atoms with Crippen molar-refractivity contribution >= 4 is 38.1 Å². The molecule has 0 atom stereocenters. The van der Waals surface area contributed by atoms with Gasteiger partial charge in [0.15, 0.2) is 5.13 Å². The maximum atomic E-state index is 13.8. The van der Waals surface area contributed by atoms with Crippen LogP contribution < -0.4 is 10.0 Å². The Morgan fingerprint density at radius 1 is 1.11 bits per heavy atom. The zero-order valence-corrected chi connectivity index (χ0v) is 16.2. The quantitative estimate of drug-likeness (QED) is 0.661. The lowest BCUT2D eigenvalue weighted by Gasteiger charge is -2.10. The highest BCUT2D eigenvalue weighted by Gasteiger charge is 2.20. The van der Waals surface area contributed by atoms with Crippen LogP contribution in [0.3, 0.4) is 0 Å². The summed E-state index contributed by atoms with van der Waals surface area (Å²) >= 11 is 1.44. The summed E-state index contributed by atoms with van der Waals surface area (Å²) in [5, 5.41) is 3.23. The highest BCUT2D eigenvalue weighted by molar-refractivity contribution is 7.92. The van der Waals surface area contributed by atoms with E-state index in [1.165, 1.54) is 58.7 Å². The second kappa shape index (κ2) is 7.33. The van der Waals surface area contributed by atoms with Gasteiger partial charge in [0.25, 0.3) is 15.9 Å². The molecule has 1 aliphatic carbocycles. The number of hydrogen-bond acceptors (Lipinski definition) is 5. The van der Waals surface area contributed by atoms with Crippen LogP contribution in [0.5, 0.6) is 0 Å². The molecule has 0 saturated heterocycles. The number of nitrogens with one attached hydrogen (secondary N) is 2. The summed E-state index contributed by atoms with van der Waals surface area (Å²) in [5.74, 6) is -1.13. The molecule has 0 radical (unpaired) electrons. The minimum absolute atomic E-state index is 0.134. The van der Waals surface area contributed by atoms with Gasteiger partial charge in [-0.3, -0.25) is 14.8 Å². The van der Waals surface area contributed by atoms with E-state index in [9.17, 15) is 17.6 Å². The number of hydrogen-bond donors (Lipinski definition) is 2. The molecule has 0 saturated carbocycles. The Labute approximate surface area is 165 Å². The number of aryl methyl sites for hydroxylation is 2. The Morgan fingerprint density at radius 2 is 1.93 bits per heavy atom. The number of benzene rings is 2. The van der Waals surface area contributed by atoms with Crippen molar-refractivity contribution in [3.63, 3.8) is 0 Å². The first-order valence-corrected chi connectivity index (χ1v) is 10.9. The van der Waals surface area contributed by atoms with Gasteiger partial charge in [-0.2, -0.15) is 0 Å². The lowest BCUT2D eigenvalue weighted by atomic mass is 10.2. The fourth-order valence-electron chi connectivity index (χ4n) is 2.97. The second-order valence-electron chi connectivity index (χ2n) is 6.31. The number of fused-ring (bicyclic) bond motifs is 1. The minimum Gasteiger partial charge on any atom is -0.298 e. The van der Waals surface area contributed by atoms with Crippen LogP contribution in [0, 0.1) is 5.82 Å². The Bertz CT molecular complexity index is 1140. The number of amides is 1. The van der Waals surface area contributed by atoms with Crippen molar-refractivity contribution < 1.29 is 17.6 Å². The van der Waals surface area contributed by atoms with E-state index in [0.717, 1.165) is 31.0 Å². The SMILES string of the molecule is O=C(Nc1nc2c(s1)CCC2)c1cccc(S(=O)(=O)Nc2ccccc2F)c1. The summed E-state index contributed by atoms with van der Waals surface area (Å²) in [4.78, 5) is 18.0. The Hall–Kier alpha value is -2.78. The first kappa shape index (κ1) is 18.6. The number of sulfonamides is 1. The normalized spacial score (nSPS) is 13.2. The number of para-hydroxylation sites is 1. The average molecular weight is 417 g/mol. The van der Waals surface area contributed by atoms with E-state index in [-0.39, 0.29) is 16.1 Å². The van der Waals surface area contributed by atoms with Gasteiger partial charge in [0, 0.05) is 10.4 Å². The molecule has 1 aromatic heterocycles. The van der Waals surface area contributed by atoms with Gasteiger partial charge in [0.1, 0.15) is 5.82 Å². The lowest BCUT2D eigenvalue weighted by Crippen LogP contribution is -2.16. The molecule has 1 heterocycles. The summed E-state index contributed by atoms with van der Waals surface area (Å²) in [5.41, 5.74) is 1.03. The molecule has 0 fully saturated rings. The molecule has 6 nitrogen and oxygen atoms in total. The minimum atomic E-state index is -4.05. The summed E-state index contributed by atoms with van der Waals surface area (Å²) in [6, 6.07) is 11.0. The molecular formula is C19H16FN3O3S2. The van der Waals surface area contributed by atoms with Crippen molar-refractivity contribution in [1.29, 1.82) is 0 Å². The smallest absolute Gasteiger partial charge is 0.262 e. The van der Waals surface area contributed by atoms with Gasteiger partial charge in [-0.1, -0.05) is 18.2 Å². The molecule has 1 amide bonds. The third-order valence-corrected chi connectivity index (χ3v) is 6.78. The van der Waals surface area contributed by atoms with Gasteiger partial charge in [0.05, 0.1) is 16.3 Å². The van der Waals surface area contributed by atoms with Crippen LogP contribution >= 0.6 is 11.3 Å². The van der Waals surface area contributed by atoms with Gasteiger partial charge in [-0.15, -0.1) is 11.3 Å². The number of carbonyl (C=O) groups excluding carboxylic acids is 1. The summed E-state index contributed by atoms with van der Waals surface area (Å²) in [6.07, 6.45) is 2.97. The lowest BCUT2D eigenvalue weighted by molar-refractivity contribution is 0.102. The Balaban J connectivity index is 1.54. The van der Waals surface area contributed by atoms with E-state index < -0.39 is 21.7 Å². The number of aromatic nitrogens is 1. The van der Waals surface area contributed by atoms with Crippen molar-refractivity contribution in [3.05, 3.63) is 70.5 Å². The number of halogens is 1. The number of anilines is 2. The highest BCUT2D eigenvalue weighted by Crippen LogP contribution is 2.30. The number of carbonyl (C=O) groups is 1. The molecule has 144 valence electrons. The van der Waals surface area contributed by atoms with E-state index >= 15 is 0 Å². The molecule has 0 unspecified atom stereocenters. The molecule has 4 rings (SSSR count). The van der Waals surface area contributed by atoms with Gasteiger partial charge in [-0.25, -0.2) is 17.8 Å². The molecule has 1 aliphatic rings. The molecule has 2 N–H and O–H groups in total. The highest BCUT2D eigenvalue weighted by atomic mass is 32.2. The van der Waals surface area contributed by atoms with Crippen LogP contribution in [0.15, 0.2) is 53.4 Å². The van der Waals surface area contributed by atoms with Crippen molar-refractivity contribution in [1.82, 2.24) is 4.98 Å². The second-order valence-corrected chi connectivity index (χ2v) is 9.08. The molecule has 2 aromatic carbocycles. The van der Waals surface area contributed by atoms with E-state index in [1.54, 1.807) is 0 Å². The first-order valence-electron chi connectivity index (χ1n) is 8.60. The third kappa shape index (κ3) is 3.76. The van der Waals surface area contributed by atoms with Crippen molar-refractivity contribution in [3.8, 4) is 0 Å². The fourth-order valence-corrected chi connectivity index (χ4v) is 5.12. The van der Waals surface area contributed by atoms with Gasteiger partial charge < -0.3 is 0 Å². The van der Waals surface area contributed by atoms with Crippen LogP contribution in [-0.2, 0) is 22.9 Å². The van der Waals surface area contributed by atoms with Gasteiger partial charge in [-0.05, 0) is 49.6 Å². The van der Waals surface area contributed by atoms with Crippen LogP contribution in [0.25, 0.3) is 0 Å². The predicted octanol–water partition coefficient (Wildman–Crippen LogP) is 3.82. The number of thiazole rings is 1. The zero-order chi connectivity index (χ0) is 19.7. The van der Waals surface area contributed by atoms with E-state index in [0.29, 0.717) is 5.13 Å². The standard InChI is InChI=1S/C19H16FN3O3S2/c20-14-7-1-2-8-15(14)23-28(25,26)13-6-3-5-12(11-13)18(24)22-19-21-16-9-4-10-17(16)27-19/h1-3,5-8,11,23H,4,9-10H2,(H,21,22,24). The van der Waals surface area contributed by atoms with Crippen molar-refractivity contribution in [2.75, 3.05) is 10.0 Å². The molecule has 0 bridgehead atoms. The summed E-state index contributed by atoms with van der Waals surface area (Å²) < 4.78 is 41.1. The predicted molar refractivity (Wildman–Crippen MR) is 106 cm³/mol. The average Bonchev–Trinajstić information content (AvgIpc) is 3.25. The van der Waals surface area contributed by atoms with Crippen LogP contribution in [0.2, 0.25) is 0 Å². The van der Waals surface area contributed by atoms with E-state index in [4.69, 9.17) is 0 Å². The molecule has 9 heteroatoms. The topological polar surface area (TPSA) is 88.2 Å². The largest absolute Gasteiger partial charge is 0.298 e. The van der Waals surface area contributed by atoms with Crippen molar-refractivity contribution in [2.24, 2.45) is 0 Å². The molecule has 3 aromatic rings. The maximum Gasteiger partial charge on any atom is 0.262 e. The third-order valence-electron chi connectivity index (χ3n) is 4.34. The summed E-state index contributed by atoms with van der Waals surface area (Å²) in [6.45, 7) is 0. The van der Waals surface area contributed by atoms with Crippen LogP contribution in [0.1, 0.15) is 27.3 Å². The monoisotopic (exact) mass is 417 g/mol. The van der Waals surface area contributed by atoms with Crippen molar-refractivity contribution in [2.45, 2.75) is 24.2 Å². The van der Waals surface area contributed by atoms with Crippen LogP contribution in [-0.4, -0.2) is 19.3 Å². The van der Waals surface area contributed by atoms with Crippen LogP contribution in [0.4, 0.5) is 15.2 Å². The first-order chi connectivity index (χ1) is 13.4. The van der Waals surface area contributed by atoms with Gasteiger partial charge >= 0.3 is 0 Å².